The van der Waals surface area contributed by atoms with Crippen molar-refractivity contribution >= 4 is 23.6 Å². The van der Waals surface area contributed by atoms with Crippen LogP contribution in [0.4, 0.5) is 17.3 Å². The van der Waals surface area contributed by atoms with Crippen molar-refractivity contribution in [2.75, 3.05) is 37.3 Å². The van der Waals surface area contributed by atoms with Crippen LogP contribution in [0.15, 0.2) is 79.3 Å². The van der Waals surface area contributed by atoms with Gasteiger partial charge in [-0.1, -0.05) is 51.1 Å². The summed E-state index contributed by atoms with van der Waals surface area (Å²) in [6.07, 6.45) is 8.66. The van der Waals surface area contributed by atoms with Crippen molar-refractivity contribution in [1.29, 1.82) is 0 Å². The lowest BCUT2D eigenvalue weighted by atomic mass is 9.87. The minimum Gasteiger partial charge on any atom is -0.388 e. The minimum atomic E-state index is 0.387. The largest absolute Gasteiger partial charge is 0.388 e. The molecule has 0 saturated carbocycles. The quantitative estimate of drug-likeness (QED) is 0.233. The van der Waals surface area contributed by atoms with Crippen molar-refractivity contribution in [3.63, 3.8) is 0 Å². The first-order chi connectivity index (χ1) is 19.7. The van der Waals surface area contributed by atoms with Crippen molar-refractivity contribution in [2.45, 2.75) is 46.5 Å². The third-order valence-corrected chi connectivity index (χ3v) is 7.22. The van der Waals surface area contributed by atoms with Gasteiger partial charge in [0, 0.05) is 54.7 Å². The molecule has 0 bridgehead atoms. The maximum absolute atomic E-state index is 10.7. The number of piperidine rings is 1. The van der Waals surface area contributed by atoms with E-state index >= 15 is 0 Å². The van der Waals surface area contributed by atoms with Crippen LogP contribution in [0.25, 0.3) is 11.3 Å². The number of aromatic nitrogens is 3. The molecular weight excluding hydrogens is 508 g/mol. The molecule has 3 heterocycles. The molecule has 0 amide bonds. The summed E-state index contributed by atoms with van der Waals surface area (Å²) in [6, 6.07) is 20.0. The lowest BCUT2D eigenvalue weighted by Gasteiger charge is -2.36. The van der Waals surface area contributed by atoms with Gasteiger partial charge in [0.2, 0.25) is 5.95 Å². The van der Waals surface area contributed by atoms with Crippen LogP contribution >= 0.6 is 0 Å². The molecule has 2 aromatic carbocycles. The highest BCUT2D eigenvalue weighted by Crippen LogP contribution is 2.29. The number of hydrogen-bond donors (Lipinski definition) is 2. The summed E-state index contributed by atoms with van der Waals surface area (Å²) in [5.74, 6) is 1.23. The van der Waals surface area contributed by atoms with Gasteiger partial charge in [0.05, 0.1) is 5.69 Å². The summed E-state index contributed by atoms with van der Waals surface area (Å²) >= 11 is 0. The van der Waals surface area contributed by atoms with Crippen LogP contribution in [-0.2, 0) is 0 Å². The molecular formula is C34H42N6O. The second kappa shape index (κ2) is 14.0. The molecule has 214 valence electrons. The second-order valence-corrected chi connectivity index (χ2v) is 11.8. The molecule has 41 heavy (non-hydrogen) atoms. The van der Waals surface area contributed by atoms with E-state index in [2.05, 4.69) is 69.5 Å². The van der Waals surface area contributed by atoms with Gasteiger partial charge in [-0.3, -0.25) is 9.78 Å². The third kappa shape index (κ3) is 8.95. The molecule has 1 aliphatic rings. The summed E-state index contributed by atoms with van der Waals surface area (Å²) in [5, 5.41) is 6.40. The zero-order chi connectivity index (χ0) is 29.2. The van der Waals surface area contributed by atoms with Gasteiger partial charge in [-0.25, -0.2) is 9.97 Å². The third-order valence-electron chi connectivity index (χ3n) is 7.22. The molecule has 5 rings (SSSR count). The van der Waals surface area contributed by atoms with E-state index in [1.165, 1.54) is 38.0 Å². The van der Waals surface area contributed by atoms with E-state index in [0.717, 1.165) is 40.0 Å². The van der Waals surface area contributed by atoms with Crippen LogP contribution < -0.4 is 10.6 Å². The summed E-state index contributed by atoms with van der Waals surface area (Å²) in [5.41, 5.74) is 7.51. The first kappa shape index (κ1) is 29.9. The topological polar surface area (TPSA) is 83.0 Å². The van der Waals surface area contributed by atoms with E-state index in [4.69, 9.17) is 0 Å². The fourth-order valence-electron chi connectivity index (χ4n) is 5.07. The monoisotopic (exact) mass is 550 g/mol. The Kier molecular flexibility index (Phi) is 10.2. The molecule has 1 fully saturated rings. The Labute approximate surface area is 244 Å². The number of carbonyl (C=O) groups excluding carboxylic acids is 1. The Hall–Kier alpha value is -4.10. The van der Waals surface area contributed by atoms with Crippen LogP contribution in [-0.4, -0.2) is 52.8 Å². The number of nitrogens with zero attached hydrogens (tertiary/aromatic N) is 4. The number of benzene rings is 2. The van der Waals surface area contributed by atoms with Crippen molar-refractivity contribution in [1.82, 2.24) is 19.9 Å². The molecule has 2 aromatic heterocycles. The Balaban J connectivity index is 0.000000191. The van der Waals surface area contributed by atoms with Crippen LogP contribution in [0.2, 0.25) is 0 Å². The first-order valence-corrected chi connectivity index (χ1v) is 14.3. The molecule has 0 atom stereocenters. The molecule has 0 unspecified atom stereocenters. The number of nitrogens with one attached hydrogen (secondary N) is 2. The summed E-state index contributed by atoms with van der Waals surface area (Å²) < 4.78 is 0. The Morgan fingerprint density at radius 2 is 1.76 bits per heavy atom. The van der Waals surface area contributed by atoms with Gasteiger partial charge in [-0.05, 0) is 85.6 Å². The van der Waals surface area contributed by atoms with Crippen molar-refractivity contribution in [3.8, 4) is 11.3 Å². The number of anilines is 3. The number of rotatable bonds is 7. The summed E-state index contributed by atoms with van der Waals surface area (Å²) in [6.45, 7) is 12.5. The fraction of sp³-hybridized carbons (Fsp3) is 0.353. The summed E-state index contributed by atoms with van der Waals surface area (Å²) in [7, 11) is 1.90. The number of pyridine rings is 1. The van der Waals surface area contributed by atoms with E-state index in [1.54, 1.807) is 18.6 Å². The van der Waals surface area contributed by atoms with Crippen molar-refractivity contribution < 1.29 is 4.79 Å². The highest BCUT2D eigenvalue weighted by atomic mass is 16.1. The van der Waals surface area contributed by atoms with Gasteiger partial charge in [0.25, 0.3) is 0 Å². The Bertz CT molecular complexity index is 1390. The predicted molar refractivity (Wildman–Crippen MR) is 169 cm³/mol. The number of hydrogen-bond acceptors (Lipinski definition) is 7. The second-order valence-electron chi connectivity index (χ2n) is 11.8. The van der Waals surface area contributed by atoms with E-state index < -0.39 is 0 Å². The van der Waals surface area contributed by atoms with Gasteiger partial charge in [0.1, 0.15) is 6.29 Å². The van der Waals surface area contributed by atoms with Crippen LogP contribution in [0.1, 0.15) is 61.0 Å². The standard InChI is InChI=1S/C17H17N5.C17H25NO/c1-12-5-6-14(18-2)10-16(12)22-17-20-9-7-15(21-17)13-4-3-8-19-11-13;1-17(2,3)13-18-10-8-16(9-11-18)15-6-4-14(12-19)5-7-15/h3-11,18H,1-2H3,(H,20,21,22);4-7,12,16H,8-11,13H2,1-3H3. The zero-order valence-corrected chi connectivity index (χ0v) is 24.9. The molecule has 1 aliphatic heterocycles. The zero-order valence-electron chi connectivity index (χ0n) is 24.9. The number of aldehydes is 1. The van der Waals surface area contributed by atoms with Gasteiger partial charge in [-0.15, -0.1) is 0 Å². The van der Waals surface area contributed by atoms with Gasteiger partial charge < -0.3 is 15.5 Å². The molecule has 7 nitrogen and oxygen atoms in total. The molecule has 0 aliphatic carbocycles. The highest BCUT2D eigenvalue weighted by Gasteiger charge is 2.23. The molecule has 2 N–H and O–H groups in total. The molecule has 1 saturated heterocycles. The van der Waals surface area contributed by atoms with Gasteiger partial charge >= 0.3 is 0 Å². The van der Waals surface area contributed by atoms with Crippen LogP contribution in [0.3, 0.4) is 0 Å². The summed E-state index contributed by atoms with van der Waals surface area (Å²) in [4.78, 5) is 26.2. The van der Waals surface area contributed by atoms with Crippen molar-refractivity contribution in [2.24, 2.45) is 5.41 Å². The minimum absolute atomic E-state index is 0.387. The Morgan fingerprint density at radius 3 is 2.39 bits per heavy atom. The SMILES string of the molecule is CC(C)(C)CN1CCC(c2ccc(C=O)cc2)CC1.CNc1ccc(C)c(Nc2nccc(-c3cccnc3)n2)c1. The van der Waals surface area contributed by atoms with E-state index in [1.807, 2.05) is 56.4 Å². The van der Waals surface area contributed by atoms with Gasteiger partial charge in [0.15, 0.2) is 0 Å². The average molecular weight is 551 g/mol. The smallest absolute Gasteiger partial charge is 0.227 e. The normalized spacial score (nSPS) is 14.1. The molecule has 7 heteroatoms. The lowest BCUT2D eigenvalue weighted by Crippen LogP contribution is -2.38. The average Bonchev–Trinajstić information content (AvgIpc) is 2.99. The fourth-order valence-corrected chi connectivity index (χ4v) is 5.07. The van der Waals surface area contributed by atoms with Crippen LogP contribution in [0, 0.1) is 12.3 Å². The first-order valence-electron chi connectivity index (χ1n) is 14.3. The van der Waals surface area contributed by atoms with E-state index in [0.29, 0.717) is 17.3 Å². The van der Waals surface area contributed by atoms with E-state index in [-0.39, 0.29) is 0 Å². The number of aryl methyl sites for hydroxylation is 1. The van der Waals surface area contributed by atoms with Crippen molar-refractivity contribution in [3.05, 3.63) is 95.9 Å². The van der Waals surface area contributed by atoms with E-state index in [9.17, 15) is 4.79 Å². The predicted octanol–water partition coefficient (Wildman–Crippen LogP) is 7.36. The molecule has 4 aromatic rings. The lowest BCUT2D eigenvalue weighted by molar-refractivity contribution is 0.112. The number of carbonyl (C=O) groups is 1. The van der Waals surface area contributed by atoms with Crippen LogP contribution in [0.5, 0.6) is 0 Å². The maximum Gasteiger partial charge on any atom is 0.227 e. The molecule has 0 radical (unpaired) electrons. The Morgan fingerprint density at radius 1 is 1.00 bits per heavy atom. The van der Waals surface area contributed by atoms with Gasteiger partial charge in [-0.2, -0.15) is 0 Å². The maximum atomic E-state index is 10.7. The highest BCUT2D eigenvalue weighted by molar-refractivity contribution is 5.74. The number of likely N-dealkylation sites (tertiary alicyclic amines) is 1. The molecule has 0 spiro atoms.